The van der Waals surface area contributed by atoms with Crippen LogP contribution in [0.25, 0.3) is 0 Å². The summed E-state index contributed by atoms with van der Waals surface area (Å²) in [6.07, 6.45) is 2.57. The SMILES string of the molecule is CCC(C)SCCCC(=O)Nc1ccc(Cl)cc1N. The van der Waals surface area contributed by atoms with Gasteiger partial charge in [0.1, 0.15) is 0 Å². The molecule has 19 heavy (non-hydrogen) atoms. The number of carbonyl (C=O) groups excluding carboxylic acids is 1. The van der Waals surface area contributed by atoms with Crippen LogP contribution in [0.5, 0.6) is 0 Å². The highest BCUT2D eigenvalue weighted by atomic mass is 35.5. The molecule has 3 nitrogen and oxygen atoms in total. The molecule has 1 aromatic carbocycles. The van der Waals surface area contributed by atoms with E-state index >= 15 is 0 Å². The predicted octanol–water partition coefficient (Wildman–Crippen LogP) is 4.17. The van der Waals surface area contributed by atoms with E-state index in [1.54, 1.807) is 18.2 Å². The van der Waals surface area contributed by atoms with Crippen molar-refractivity contribution in [3.8, 4) is 0 Å². The topological polar surface area (TPSA) is 55.1 Å². The lowest BCUT2D eigenvalue weighted by Gasteiger charge is -2.09. The Kier molecular flexibility index (Phi) is 7.10. The summed E-state index contributed by atoms with van der Waals surface area (Å²) in [6.45, 7) is 4.38. The minimum absolute atomic E-state index is 0.00114. The van der Waals surface area contributed by atoms with E-state index in [2.05, 4.69) is 19.2 Å². The van der Waals surface area contributed by atoms with Gasteiger partial charge in [-0.3, -0.25) is 4.79 Å². The normalized spacial score (nSPS) is 12.2. The molecule has 0 aliphatic rings. The molecule has 0 aliphatic heterocycles. The third-order valence-electron chi connectivity index (χ3n) is 2.81. The summed E-state index contributed by atoms with van der Waals surface area (Å²) >= 11 is 7.71. The Hall–Kier alpha value is -0.870. The molecule has 0 fully saturated rings. The van der Waals surface area contributed by atoms with Gasteiger partial charge in [0.2, 0.25) is 5.91 Å². The predicted molar refractivity (Wildman–Crippen MR) is 85.9 cm³/mol. The zero-order valence-electron chi connectivity index (χ0n) is 11.4. The summed E-state index contributed by atoms with van der Waals surface area (Å²) in [5, 5.41) is 4.04. The van der Waals surface area contributed by atoms with Crippen molar-refractivity contribution in [1.29, 1.82) is 0 Å². The monoisotopic (exact) mass is 300 g/mol. The van der Waals surface area contributed by atoms with Crippen LogP contribution in [0, 0.1) is 0 Å². The molecule has 1 rings (SSSR count). The number of hydrogen-bond donors (Lipinski definition) is 2. The Morgan fingerprint density at radius 3 is 2.89 bits per heavy atom. The van der Waals surface area contributed by atoms with E-state index in [4.69, 9.17) is 17.3 Å². The van der Waals surface area contributed by atoms with Crippen molar-refractivity contribution in [2.24, 2.45) is 0 Å². The third-order valence-corrected chi connectivity index (χ3v) is 4.48. The van der Waals surface area contributed by atoms with Crippen LogP contribution in [0.15, 0.2) is 18.2 Å². The minimum atomic E-state index is -0.00114. The van der Waals surface area contributed by atoms with E-state index < -0.39 is 0 Å². The highest BCUT2D eigenvalue weighted by Gasteiger charge is 2.06. The second kappa shape index (κ2) is 8.33. The molecule has 0 saturated heterocycles. The Balaban J connectivity index is 2.31. The average Bonchev–Trinajstić information content (AvgIpc) is 2.37. The smallest absolute Gasteiger partial charge is 0.224 e. The number of nitrogens with two attached hydrogens (primary N) is 1. The summed E-state index contributed by atoms with van der Waals surface area (Å²) in [5.74, 6) is 1.01. The molecular weight excluding hydrogens is 280 g/mol. The van der Waals surface area contributed by atoms with Crippen molar-refractivity contribution in [2.75, 3.05) is 16.8 Å². The number of nitrogen functional groups attached to an aromatic ring is 1. The summed E-state index contributed by atoms with van der Waals surface area (Å²) < 4.78 is 0. The first-order valence-corrected chi connectivity index (χ1v) is 7.92. The van der Waals surface area contributed by atoms with Gasteiger partial charge in [0.05, 0.1) is 11.4 Å². The standard InChI is InChI=1S/C14H21ClN2OS/c1-3-10(2)19-8-4-5-14(18)17-13-7-6-11(15)9-12(13)16/h6-7,9-10H,3-5,8,16H2,1-2H3,(H,17,18). The fourth-order valence-corrected chi connectivity index (χ4v) is 2.62. The highest BCUT2D eigenvalue weighted by molar-refractivity contribution is 7.99. The van der Waals surface area contributed by atoms with Crippen LogP contribution in [0.3, 0.4) is 0 Å². The number of halogens is 1. The quantitative estimate of drug-likeness (QED) is 0.587. The van der Waals surface area contributed by atoms with Gasteiger partial charge in [0, 0.05) is 16.7 Å². The molecule has 0 spiro atoms. The molecule has 1 unspecified atom stereocenters. The molecule has 3 N–H and O–H groups in total. The van der Waals surface area contributed by atoms with Gasteiger partial charge >= 0.3 is 0 Å². The maximum atomic E-state index is 11.8. The molecule has 0 heterocycles. The van der Waals surface area contributed by atoms with Crippen molar-refractivity contribution in [1.82, 2.24) is 0 Å². The number of thioether (sulfide) groups is 1. The first-order valence-electron chi connectivity index (χ1n) is 6.49. The van der Waals surface area contributed by atoms with Gasteiger partial charge in [-0.15, -0.1) is 0 Å². The van der Waals surface area contributed by atoms with E-state index in [0.717, 1.165) is 18.6 Å². The van der Waals surface area contributed by atoms with Gasteiger partial charge in [-0.1, -0.05) is 25.4 Å². The molecule has 0 bridgehead atoms. The van der Waals surface area contributed by atoms with Crippen molar-refractivity contribution in [3.05, 3.63) is 23.2 Å². The third kappa shape index (κ3) is 6.21. The number of hydrogen-bond acceptors (Lipinski definition) is 3. The van der Waals surface area contributed by atoms with Gasteiger partial charge in [0.15, 0.2) is 0 Å². The number of carbonyl (C=O) groups is 1. The minimum Gasteiger partial charge on any atom is -0.397 e. The van der Waals surface area contributed by atoms with Crippen LogP contribution in [-0.4, -0.2) is 16.9 Å². The fraction of sp³-hybridized carbons (Fsp3) is 0.500. The molecule has 1 aromatic rings. The van der Waals surface area contributed by atoms with Crippen LogP contribution < -0.4 is 11.1 Å². The fourth-order valence-electron chi connectivity index (χ4n) is 1.50. The lowest BCUT2D eigenvalue weighted by atomic mass is 10.2. The van der Waals surface area contributed by atoms with Crippen LogP contribution in [0.1, 0.15) is 33.1 Å². The first-order chi connectivity index (χ1) is 9.02. The molecule has 0 radical (unpaired) electrons. The molecule has 0 saturated carbocycles. The number of amides is 1. The highest BCUT2D eigenvalue weighted by Crippen LogP contribution is 2.23. The maximum absolute atomic E-state index is 11.8. The Morgan fingerprint density at radius 1 is 1.53 bits per heavy atom. The van der Waals surface area contributed by atoms with E-state index in [-0.39, 0.29) is 5.91 Å². The number of rotatable bonds is 7. The number of benzene rings is 1. The molecule has 0 aliphatic carbocycles. The molecule has 0 aromatic heterocycles. The van der Waals surface area contributed by atoms with Crippen LogP contribution in [0.2, 0.25) is 5.02 Å². The number of anilines is 2. The van der Waals surface area contributed by atoms with Crippen molar-refractivity contribution < 1.29 is 4.79 Å². The van der Waals surface area contributed by atoms with E-state index in [1.165, 1.54) is 0 Å². The summed E-state index contributed by atoms with van der Waals surface area (Å²) in [6, 6.07) is 5.08. The summed E-state index contributed by atoms with van der Waals surface area (Å²) in [7, 11) is 0. The van der Waals surface area contributed by atoms with Crippen LogP contribution in [-0.2, 0) is 4.79 Å². The van der Waals surface area contributed by atoms with E-state index in [9.17, 15) is 4.79 Å². The van der Waals surface area contributed by atoms with Gasteiger partial charge in [-0.25, -0.2) is 0 Å². The Bertz CT molecular complexity index is 426. The lowest BCUT2D eigenvalue weighted by Crippen LogP contribution is -2.13. The second-order valence-corrected chi connectivity index (χ2v) is 6.46. The number of nitrogens with one attached hydrogen (secondary N) is 1. The van der Waals surface area contributed by atoms with Crippen molar-refractivity contribution in [3.63, 3.8) is 0 Å². The second-order valence-electron chi connectivity index (χ2n) is 4.47. The lowest BCUT2D eigenvalue weighted by molar-refractivity contribution is -0.116. The molecule has 1 amide bonds. The zero-order valence-corrected chi connectivity index (χ0v) is 13.0. The largest absolute Gasteiger partial charge is 0.397 e. The first kappa shape index (κ1) is 16.2. The van der Waals surface area contributed by atoms with Crippen molar-refractivity contribution in [2.45, 2.75) is 38.4 Å². The molecular formula is C14H21ClN2OS. The Labute approximate surface area is 124 Å². The van der Waals surface area contributed by atoms with E-state index in [1.807, 2.05) is 11.8 Å². The van der Waals surface area contributed by atoms with E-state index in [0.29, 0.717) is 28.1 Å². The summed E-state index contributed by atoms with van der Waals surface area (Å²) in [4.78, 5) is 11.8. The average molecular weight is 301 g/mol. The van der Waals surface area contributed by atoms with Crippen LogP contribution in [0.4, 0.5) is 11.4 Å². The zero-order chi connectivity index (χ0) is 14.3. The summed E-state index contributed by atoms with van der Waals surface area (Å²) in [5.41, 5.74) is 6.90. The molecule has 1 atom stereocenters. The van der Waals surface area contributed by atoms with Gasteiger partial charge in [-0.05, 0) is 36.8 Å². The van der Waals surface area contributed by atoms with Gasteiger partial charge in [0.25, 0.3) is 0 Å². The van der Waals surface area contributed by atoms with Crippen molar-refractivity contribution >= 4 is 40.6 Å². The van der Waals surface area contributed by atoms with Crippen LogP contribution >= 0.6 is 23.4 Å². The molecule has 106 valence electrons. The van der Waals surface area contributed by atoms with Gasteiger partial charge < -0.3 is 11.1 Å². The van der Waals surface area contributed by atoms with Gasteiger partial charge in [-0.2, -0.15) is 11.8 Å². The Morgan fingerprint density at radius 2 is 2.26 bits per heavy atom. The maximum Gasteiger partial charge on any atom is 0.224 e. The molecule has 5 heteroatoms.